The van der Waals surface area contributed by atoms with E-state index in [0.29, 0.717) is 18.2 Å². The summed E-state index contributed by atoms with van der Waals surface area (Å²) >= 11 is 0. The minimum absolute atomic E-state index is 0.464. The van der Waals surface area contributed by atoms with E-state index in [0.717, 1.165) is 19.4 Å². The lowest BCUT2D eigenvalue weighted by atomic mass is 9.92. The maximum atomic E-state index is 5.42. The summed E-state index contributed by atoms with van der Waals surface area (Å²) in [5.74, 6) is 0. The van der Waals surface area contributed by atoms with E-state index in [1.807, 2.05) is 7.11 Å². The largest absolute Gasteiger partial charge is 0.385 e. The number of nitrogens with one attached hydrogen (secondary N) is 1. The first-order valence-electron chi connectivity index (χ1n) is 6.04. The second-order valence-corrected chi connectivity index (χ2v) is 4.57. The van der Waals surface area contributed by atoms with Crippen molar-refractivity contribution in [1.29, 1.82) is 0 Å². The van der Waals surface area contributed by atoms with Crippen molar-refractivity contribution >= 4 is 0 Å². The molecule has 1 saturated carbocycles. The highest BCUT2D eigenvalue weighted by atomic mass is 16.5. The van der Waals surface area contributed by atoms with Crippen LogP contribution in [0.1, 0.15) is 39.0 Å². The van der Waals surface area contributed by atoms with Crippen molar-refractivity contribution in [2.75, 3.05) is 20.8 Å². The molecule has 0 heterocycles. The minimum atomic E-state index is 0.464. The fourth-order valence-corrected chi connectivity index (χ4v) is 2.29. The van der Waals surface area contributed by atoms with Crippen molar-refractivity contribution in [2.24, 2.45) is 0 Å². The molecule has 3 atom stereocenters. The van der Waals surface area contributed by atoms with Crippen LogP contribution in [0, 0.1) is 0 Å². The fourth-order valence-electron chi connectivity index (χ4n) is 2.29. The normalized spacial score (nSPS) is 29.0. The summed E-state index contributed by atoms with van der Waals surface area (Å²) in [6.07, 6.45) is 6.51. The summed E-state index contributed by atoms with van der Waals surface area (Å²) in [5.41, 5.74) is 0. The molecule has 3 heteroatoms. The van der Waals surface area contributed by atoms with E-state index in [1.165, 1.54) is 19.3 Å². The highest BCUT2D eigenvalue weighted by Gasteiger charge is 2.22. The molecule has 0 aromatic heterocycles. The van der Waals surface area contributed by atoms with Crippen molar-refractivity contribution in [3.05, 3.63) is 0 Å². The molecule has 0 aromatic carbocycles. The summed E-state index contributed by atoms with van der Waals surface area (Å²) in [6, 6.07) is 1.18. The molecule has 1 N–H and O–H groups in total. The Balaban J connectivity index is 2.19. The molecule has 1 fully saturated rings. The van der Waals surface area contributed by atoms with E-state index in [-0.39, 0.29) is 0 Å². The smallest absolute Gasteiger partial charge is 0.0586 e. The van der Waals surface area contributed by atoms with E-state index in [9.17, 15) is 0 Å². The summed E-state index contributed by atoms with van der Waals surface area (Å²) in [6.45, 7) is 3.07. The fraction of sp³-hybridized carbons (Fsp3) is 1.00. The maximum Gasteiger partial charge on any atom is 0.0586 e. The van der Waals surface area contributed by atoms with E-state index >= 15 is 0 Å². The third-order valence-electron chi connectivity index (χ3n) is 3.23. The molecule has 0 aliphatic heterocycles. The van der Waals surface area contributed by atoms with Crippen LogP contribution in [0.2, 0.25) is 0 Å². The maximum absolute atomic E-state index is 5.42. The summed E-state index contributed by atoms with van der Waals surface area (Å²) in [5, 5.41) is 3.66. The molecular formula is C12H25NO2. The van der Waals surface area contributed by atoms with Crippen molar-refractivity contribution in [2.45, 2.75) is 57.2 Å². The van der Waals surface area contributed by atoms with E-state index in [4.69, 9.17) is 9.47 Å². The van der Waals surface area contributed by atoms with Crippen LogP contribution >= 0.6 is 0 Å². The Labute approximate surface area is 93.5 Å². The number of methoxy groups -OCH3 is 2. The monoisotopic (exact) mass is 215 g/mol. The zero-order valence-electron chi connectivity index (χ0n) is 10.3. The first-order chi connectivity index (χ1) is 7.26. The van der Waals surface area contributed by atoms with Crippen LogP contribution in [0.3, 0.4) is 0 Å². The van der Waals surface area contributed by atoms with Crippen LogP contribution in [0.15, 0.2) is 0 Å². The Morgan fingerprint density at radius 3 is 2.80 bits per heavy atom. The average molecular weight is 215 g/mol. The lowest BCUT2D eigenvalue weighted by molar-refractivity contribution is 0.0563. The Morgan fingerprint density at radius 1 is 1.33 bits per heavy atom. The summed E-state index contributed by atoms with van der Waals surface area (Å²) < 4.78 is 10.5. The Bertz CT molecular complexity index is 164. The summed E-state index contributed by atoms with van der Waals surface area (Å²) in [7, 11) is 3.58. The van der Waals surface area contributed by atoms with Crippen LogP contribution < -0.4 is 5.32 Å². The van der Waals surface area contributed by atoms with Gasteiger partial charge in [0, 0.05) is 32.9 Å². The highest BCUT2D eigenvalue weighted by Crippen LogP contribution is 2.21. The molecule has 15 heavy (non-hydrogen) atoms. The topological polar surface area (TPSA) is 30.5 Å². The van der Waals surface area contributed by atoms with Crippen LogP contribution in [0.4, 0.5) is 0 Å². The van der Waals surface area contributed by atoms with Gasteiger partial charge in [0.05, 0.1) is 6.10 Å². The minimum Gasteiger partial charge on any atom is -0.385 e. The molecule has 0 saturated heterocycles. The van der Waals surface area contributed by atoms with E-state index in [1.54, 1.807) is 7.11 Å². The Hall–Kier alpha value is -0.120. The predicted octanol–water partition coefficient (Wildman–Crippen LogP) is 1.96. The lowest BCUT2D eigenvalue weighted by Gasteiger charge is -2.31. The number of hydrogen-bond donors (Lipinski definition) is 1. The van der Waals surface area contributed by atoms with Crippen molar-refractivity contribution in [3.63, 3.8) is 0 Å². The molecule has 1 aliphatic carbocycles. The molecule has 1 aliphatic rings. The van der Waals surface area contributed by atoms with Crippen LogP contribution in [0.25, 0.3) is 0 Å². The molecule has 1 rings (SSSR count). The van der Waals surface area contributed by atoms with Gasteiger partial charge in [-0.1, -0.05) is 0 Å². The van der Waals surface area contributed by atoms with Gasteiger partial charge in [-0.05, 0) is 39.0 Å². The molecule has 0 radical (unpaired) electrons. The Morgan fingerprint density at radius 2 is 2.13 bits per heavy atom. The quantitative estimate of drug-likeness (QED) is 0.734. The van der Waals surface area contributed by atoms with Gasteiger partial charge in [-0.3, -0.25) is 0 Å². The predicted molar refractivity (Wildman–Crippen MR) is 62.1 cm³/mol. The number of rotatable bonds is 6. The molecule has 0 bridgehead atoms. The lowest BCUT2D eigenvalue weighted by Crippen LogP contribution is -2.41. The van der Waals surface area contributed by atoms with Crippen molar-refractivity contribution < 1.29 is 9.47 Å². The van der Waals surface area contributed by atoms with Gasteiger partial charge in [0.25, 0.3) is 0 Å². The van der Waals surface area contributed by atoms with Gasteiger partial charge in [-0.2, -0.15) is 0 Å². The molecule has 3 unspecified atom stereocenters. The van der Waals surface area contributed by atoms with Crippen LogP contribution in [-0.4, -0.2) is 39.0 Å². The molecule has 90 valence electrons. The standard InChI is InChI=1S/C12H25NO2/c1-10(7-8-14-2)13-11-5-4-6-12(9-11)15-3/h10-13H,4-9H2,1-3H3. The van der Waals surface area contributed by atoms with E-state index in [2.05, 4.69) is 12.2 Å². The van der Waals surface area contributed by atoms with Gasteiger partial charge in [0.1, 0.15) is 0 Å². The first-order valence-corrected chi connectivity index (χ1v) is 6.04. The van der Waals surface area contributed by atoms with Gasteiger partial charge in [-0.15, -0.1) is 0 Å². The van der Waals surface area contributed by atoms with Gasteiger partial charge >= 0.3 is 0 Å². The Kier molecular flexibility index (Phi) is 6.22. The SMILES string of the molecule is COCCC(C)NC1CCCC(OC)C1. The third-order valence-corrected chi connectivity index (χ3v) is 3.23. The van der Waals surface area contributed by atoms with Gasteiger partial charge in [-0.25, -0.2) is 0 Å². The summed E-state index contributed by atoms with van der Waals surface area (Å²) in [4.78, 5) is 0. The number of hydrogen-bond acceptors (Lipinski definition) is 3. The molecular weight excluding hydrogens is 190 g/mol. The second kappa shape index (κ2) is 7.20. The number of ether oxygens (including phenoxy) is 2. The second-order valence-electron chi connectivity index (χ2n) is 4.57. The molecule has 3 nitrogen and oxygen atoms in total. The van der Waals surface area contributed by atoms with Crippen molar-refractivity contribution in [3.8, 4) is 0 Å². The van der Waals surface area contributed by atoms with Gasteiger partial charge in [0.15, 0.2) is 0 Å². The van der Waals surface area contributed by atoms with Crippen LogP contribution in [-0.2, 0) is 9.47 Å². The third kappa shape index (κ3) is 4.96. The van der Waals surface area contributed by atoms with Crippen LogP contribution in [0.5, 0.6) is 0 Å². The molecule has 0 aromatic rings. The van der Waals surface area contributed by atoms with Crippen molar-refractivity contribution in [1.82, 2.24) is 5.32 Å². The first kappa shape index (κ1) is 12.9. The highest BCUT2D eigenvalue weighted by molar-refractivity contribution is 4.80. The zero-order chi connectivity index (χ0) is 11.1. The zero-order valence-corrected chi connectivity index (χ0v) is 10.3. The van der Waals surface area contributed by atoms with Gasteiger partial charge in [0.2, 0.25) is 0 Å². The molecule has 0 amide bonds. The average Bonchev–Trinajstić information content (AvgIpc) is 2.26. The van der Waals surface area contributed by atoms with E-state index < -0.39 is 0 Å². The molecule has 0 spiro atoms. The van der Waals surface area contributed by atoms with Gasteiger partial charge < -0.3 is 14.8 Å².